The highest BCUT2D eigenvalue weighted by Gasteiger charge is 2.42. The number of anilines is 2. The second kappa shape index (κ2) is 8.92. The Bertz CT molecular complexity index is 1060. The average molecular weight is 448 g/mol. The number of aromatic nitrogens is 2. The Balaban J connectivity index is 1.55. The van der Waals surface area contributed by atoms with Crippen molar-refractivity contribution < 1.29 is 4.74 Å². The van der Waals surface area contributed by atoms with E-state index in [9.17, 15) is 0 Å². The third-order valence-electron chi connectivity index (χ3n) is 6.33. The molecule has 166 valence electrons. The van der Waals surface area contributed by atoms with Crippen LogP contribution in [0.2, 0.25) is 0 Å². The molecule has 6 nitrogen and oxygen atoms in total. The van der Waals surface area contributed by atoms with E-state index in [0.29, 0.717) is 5.11 Å². The van der Waals surface area contributed by atoms with E-state index in [-0.39, 0.29) is 18.2 Å². The lowest BCUT2D eigenvalue weighted by Gasteiger charge is -2.29. The van der Waals surface area contributed by atoms with Gasteiger partial charge in [0.25, 0.3) is 0 Å². The van der Waals surface area contributed by atoms with Crippen molar-refractivity contribution >= 4 is 28.7 Å². The zero-order chi connectivity index (χ0) is 22.1. The van der Waals surface area contributed by atoms with Crippen LogP contribution in [-0.4, -0.2) is 41.5 Å². The largest absolute Gasteiger partial charge is 0.378 e. The van der Waals surface area contributed by atoms with Gasteiger partial charge in [-0.15, -0.1) is 0 Å². The molecule has 0 bridgehead atoms. The topological polar surface area (TPSA) is 45.6 Å². The first-order valence-corrected chi connectivity index (χ1v) is 11.6. The van der Waals surface area contributed by atoms with Crippen molar-refractivity contribution in [3.05, 3.63) is 78.4 Å². The molecule has 0 radical (unpaired) electrons. The second-order valence-corrected chi connectivity index (χ2v) is 9.01. The fraction of sp³-hybridized carbons (Fsp3) is 0.360. The van der Waals surface area contributed by atoms with Crippen LogP contribution in [0.25, 0.3) is 0 Å². The van der Waals surface area contributed by atoms with Gasteiger partial charge in [0.1, 0.15) is 6.04 Å². The van der Waals surface area contributed by atoms with E-state index in [4.69, 9.17) is 17.0 Å². The van der Waals surface area contributed by atoms with Gasteiger partial charge in [-0.1, -0.05) is 6.07 Å². The summed E-state index contributed by atoms with van der Waals surface area (Å²) in [5.74, 6) is 0. The molecule has 2 aromatic heterocycles. The summed E-state index contributed by atoms with van der Waals surface area (Å²) in [5.41, 5.74) is 4.42. The normalized spacial score (nSPS) is 22.9. The molecule has 32 heavy (non-hydrogen) atoms. The number of benzene rings is 1. The number of hydrogen-bond acceptors (Lipinski definition) is 4. The highest BCUT2D eigenvalue weighted by Crippen LogP contribution is 2.42. The molecule has 2 aliphatic rings. The molecule has 5 rings (SSSR count). The van der Waals surface area contributed by atoms with Crippen LogP contribution in [0.4, 0.5) is 11.4 Å². The van der Waals surface area contributed by atoms with E-state index in [1.165, 1.54) is 5.69 Å². The van der Waals surface area contributed by atoms with Crippen molar-refractivity contribution in [3.63, 3.8) is 0 Å². The summed E-state index contributed by atoms with van der Waals surface area (Å²) in [4.78, 5) is 9.00. The van der Waals surface area contributed by atoms with E-state index in [0.717, 1.165) is 43.1 Å². The van der Waals surface area contributed by atoms with Gasteiger partial charge in [0, 0.05) is 56.7 Å². The van der Waals surface area contributed by atoms with Crippen LogP contribution in [0.5, 0.6) is 0 Å². The number of nitrogens with zero attached hydrogens (tertiary/aromatic N) is 4. The summed E-state index contributed by atoms with van der Waals surface area (Å²) in [6.07, 6.45) is 6.51. The minimum atomic E-state index is -0.0460. The first-order chi connectivity index (χ1) is 15.6. The molecule has 4 heterocycles. The number of hydrogen-bond donors (Lipinski definition) is 1. The summed E-state index contributed by atoms with van der Waals surface area (Å²) < 4.78 is 8.26. The van der Waals surface area contributed by atoms with Crippen molar-refractivity contribution in [2.45, 2.75) is 37.6 Å². The predicted octanol–water partition coefficient (Wildman–Crippen LogP) is 4.31. The van der Waals surface area contributed by atoms with Crippen molar-refractivity contribution in [2.24, 2.45) is 0 Å². The fourth-order valence-electron chi connectivity index (χ4n) is 4.71. The second-order valence-electron chi connectivity index (χ2n) is 8.63. The molecule has 0 unspecified atom stereocenters. The smallest absolute Gasteiger partial charge is 0.174 e. The molecule has 0 saturated carbocycles. The number of thiocarbonyl (C=S) groups is 1. The lowest BCUT2D eigenvalue weighted by Crippen LogP contribution is -2.31. The highest BCUT2D eigenvalue weighted by molar-refractivity contribution is 7.80. The zero-order valence-electron chi connectivity index (χ0n) is 18.5. The van der Waals surface area contributed by atoms with Gasteiger partial charge in [0.2, 0.25) is 0 Å². The molecule has 7 heteroatoms. The highest BCUT2D eigenvalue weighted by atomic mass is 32.1. The molecule has 2 aliphatic heterocycles. The van der Waals surface area contributed by atoms with Gasteiger partial charge in [-0.05, 0) is 73.6 Å². The Morgan fingerprint density at radius 2 is 1.97 bits per heavy atom. The van der Waals surface area contributed by atoms with Crippen molar-refractivity contribution in [1.29, 1.82) is 0 Å². The molecule has 2 saturated heterocycles. The fourth-order valence-corrected chi connectivity index (χ4v) is 5.06. The van der Waals surface area contributed by atoms with E-state index in [2.05, 4.69) is 87.4 Å². The maximum Gasteiger partial charge on any atom is 0.174 e. The Morgan fingerprint density at radius 3 is 2.66 bits per heavy atom. The van der Waals surface area contributed by atoms with Gasteiger partial charge in [0.05, 0.1) is 17.8 Å². The predicted molar refractivity (Wildman–Crippen MR) is 132 cm³/mol. The molecular formula is C25H29N5OS. The SMILES string of the molecule is CN(C)c1ccc(N2C(=S)N[C@H](c3ccccn3)[C@@H]2c2cccn2C[C@@H]2CCCO2)cc1. The molecular weight excluding hydrogens is 418 g/mol. The van der Waals surface area contributed by atoms with Crippen LogP contribution < -0.4 is 15.1 Å². The van der Waals surface area contributed by atoms with Gasteiger partial charge in [-0.2, -0.15) is 0 Å². The first-order valence-electron chi connectivity index (χ1n) is 11.2. The molecule has 0 aliphatic carbocycles. The summed E-state index contributed by atoms with van der Waals surface area (Å²) in [6, 6.07) is 18.9. The summed E-state index contributed by atoms with van der Waals surface area (Å²) in [7, 11) is 4.10. The van der Waals surface area contributed by atoms with Gasteiger partial charge >= 0.3 is 0 Å². The van der Waals surface area contributed by atoms with Crippen molar-refractivity contribution in [2.75, 3.05) is 30.5 Å². The number of ether oxygens (including phenoxy) is 1. The standard InChI is InChI=1S/C25H29N5OS/c1-28(2)18-10-12-19(13-11-18)30-24(23(27-25(30)32)21-8-3-4-14-26-21)22-9-5-15-29(22)17-20-7-6-16-31-20/h3-5,8-15,20,23-24H,6-7,16-17H2,1-2H3,(H,27,32)/t20-,23+,24-/m0/s1. The molecule has 3 atom stereocenters. The van der Waals surface area contributed by atoms with Crippen LogP contribution in [0.3, 0.4) is 0 Å². The van der Waals surface area contributed by atoms with Gasteiger partial charge in [-0.3, -0.25) is 4.98 Å². The van der Waals surface area contributed by atoms with Crippen molar-refractivity contribution in [3.8, 4) is 0 Å². The van der Waals surface area contributed by atoms with Crippen LogP contribution >= 0.6 is 12.2 Å². The lowest BCUT2D eigenvalue weighted by molar-refractivity contribution is 0.0961. The minimum absolute atomic E-state index is 0.0148. The van der Waals surface area contributed by atoms with Crippen molar-refractivity contribution in [1.82, 2.24) is 14.9 Å². The average Bonchev–Trinajstić information content (AvgIpc) is 3.55. The molecule has 2 fully saturated rings. The third-order valence-corrected chi connectivity index (χ3v) is 6.65. The number of nitrogens with one attached hydrogen (secondary N) is 1. The van der Waals surface area contributed by atoms with Crippen LogP contribution in [0.1, 0.15) is 36.3 Å². The van der Waals surface area contributed by atoms with E-state index in [1.807, 2.05) is 18.3 Å². The third kappa shape index (κ3) is 3.98. The maximum atomic E-state index is 5.93. The van der Waals surface area contributed by atoms with E-state index >= 15 is 0 Å². The summed E-state index contributed by atoms with van der Waals surface area (Å²) in [5, 5.41) is 4.27. The van der Waals surface area contributed by atoms with Gasteiger partial charge < -0.3 is 24.4 Å². The molecule has 1 N–H and O–H groups in total. The quantitative estimate of drug-likeness (QED) is 0.569. The Hall–Kier alpha value is -2.90. The minimum Gasteiger partial charge on any atom is -0.378 e. The lowest BCUT2D eigenvalue weighted by atomic mass is 10.0. The molecule has 0 amide bonds. The monoisotopic (exact) mass is 447 g/mol. The molecule has 0 spiro atoms. The Morgan fingerprint density at radius 1 is 1.12 bits per heavy atom. The first kappa shape index (κ1) is 21.0. The van der Waals surface area contributed by atoms with E-state index in [1.54, 1.807) is 0 Å². The van der Waals surface area contributed by atoms with Crippen LogP contribution in [0, 0.1) is 0 Å². The Labute approximate surface area is 194 Å². The van der Waals surface area contributed by atoms with Crippen LogP contribution in [0.15, 0.2) is 67.0 Å². The van der Waals surface area contributed by atoms with Gasteiger partial charge in [0.15, 0.2) is 5.11 Å². The zero-order valence-corrected chi connectivity index (χ0v) is 19.3. The number of pyridine rings is 1. The van der Waals surface area contributed by atoms with Gasteiger partial charge in [-0.25, -0.2) is 0 Å². The van der Waals surface area contributed by atoms with E-state index < -0.39 is 0 Å². The van der Waals surface area contributed by atoms with Crippen LogP contribution in [-0.2, 0) is 11.3 Å². The molecule has 1 aromatic carbocycles. The summed E-state index contributed by atoms with van der Waals surface area (Å²) >= 11 is 5.86. The summed E-state index contributed by atoms with van der Waals surface area (Å²) in [6.45, 7) is 1.71. The number of rotatable bonds is 6. The maximum absolute atomic E-state index is 5.93. The molecule has 3 aromatic rings. The Kier molecular flexibility index (Phi) is 5.85.